The molecule has 0 aliphatic carbocycles. The number of carbonyl (C=O) groups excluding carboxylic acids is 1. The Hall–Kier alpha value is -1.49. The first-order valence-corrected chi connectivity index (χ1v) is 6.29. The van der Waals surface area contributed by atoms with Crippen LogP contribution in [0.3, 0.4) is 0 Å². The van der Waals surface area contributed by atoms with Gasteiger partial charge in [-0.3, -0.25) is 4.79 Å². The Morgan fingerprint density at radius 1 is 1.26 bits per heavy atom. The first-order chi connectivity index (χ1) is 9.09. The predicted octanol–water partition coefficient (Wildman–Crippen LogP) is 3.05. The van der Waals surface area contributed by atoms with Gasteiger partial charge in [0.2, 0.25) is 0 Å². The Morgan fingerprint density at radius 2 is 1.95 bits per heavy atom. The number of nitrogens with one attached hydrogen (secondary N) is 1. The van der Waals surface area contributed by atoms with E-state index in [1.807, 2.05) is 0 Å². The second kappa shape index (κ2) is 6.10. The third-order valence-electron chi connectivity index (χ3n) is 2.53. The normalized spacial score (nSPS) is 12.2. The molecule has 1 unspecified atom stereocenters. The standard InChI is InChI=1S/C13H11Cl2NO3/c14-8-3-1-4-9(15)12(8)10(17)7-16-13(18)11-5-2-6-19-11/h1-6,10,17H,7H2,(H,16,18). The molecule has 2 rings (SSSR count). The third-order valence-corrected chi connectivity index (χ3v) is 3.19. The number of rotatable bonds is 4. The van der Waals surface area contributed by atoms with E-state index in [9.17, 15) is 9.90 Å². The minimum atomic E-state index is -0.986. The molecule has 1 atom stereocenters. The minimum absolute atomic E-state index is 0.0109. The zero-order chi connectivity index (χ0) is 13.8. The fourth-order valence-corrected chi connectivity index (χ4v) is 2.26. The molecule has 4 nitrogen and oxygen atoms in total. The van der Waals surface area contributed by atoms with Gasteiger partial charge in [-0.05, 0) is 24.3 Å². The Labute approximate surface area is 119 Å². The van der Waals surface area contributed by atoms with Crippen molar-refractivity contribution in [3.63, 3.8) is 0 Å². The van der Waals surface area contributed by atoms with Gasteiger partial charge in [-0.15, -0.1) is 0 Å². The van der Waals surface area contributed by atoms with Gasteiger partial charge in [0.25, 0.3) is 5.91 Å². The number of amides is 1. The highest BCUT2D eigenvalue weighted by molar-refractivity contribution is 6.36. The molecule has 2 N–H and O–H groups in total. The van der Waals surface area contributed by atoms with Crippen molar-refractivity contribution in [2.24, 2.45) is 0 Å². The quantitative estimate of drug-likeness (QED) is 0.912. The van der Waals surface area contributed by atoms with E-state index in [1.165, 1.54) is 12.3 Å². The molecule has 0 saturated heterocycles. The van der Waals surface area contributed by atoms with Crippen molar-refractivity contribution >= 4 is 29.1 Å². The largest absolute Gasteiger partial charge is 0.459 e. The van der Waals surface area contributed by atoms with Crippen LogP contribution < -0.4 is 5.32 Å². The van der Waals surface area contributed by atoms with Crippen LogP contribution in [0.4, 0.5) is 0 Å². The van der Waals surface area contributed by atoms with E-state index in [2.05, 4.69) is 5.32 Å². The first-order valence-electron chi connectivity index (χ1n) is 5.53. The van der Waals surface area contributed by atoms with Gasteiger partial charge in [0, 0.05) is 22.2 Å². The Kier molecular flexibility index (Phi) is 4.47. The monoisotopic (exact) mass is 299 g/mol. The van der Waals surface area contributed by atoms with Gasteiger partial charge in [0.15, 0.2) is 5.76 Å². The lowest BCUT2D eigenvalue weighted by molar-refractivity contribution is 0.0889. The van der Waals surface area contributed by atoms with E-state index in [1.54, 1.807) is 24.3 Å². The number of halogens is 2. The van der Waals surface area contributed by atoms with Crippen LogP contribution in [0, 0.1) is 0 Å². The van der Waals surface area contributed by atoms with E-state index < -0.39 is 12.0 Å². The predicted molar refractivity (Wildman–Crippen MR) is 72.5 cm³/mol. The highest BCUT2D eigenvalue weighted by atomic mass is 35.5. The van der Waals surface area contributed by atoms with E-state index >= 15 is 0 Å². The fraction of sp³-hybridized carbons (Fsp3) is 0.154. The summed E-state index contributed by atoms with van der Waals surface area (Å²) in [6.45, 7) is -0.0109. The number of carbonyl (C=O) groups is 1. The van der Waals surface area contributed by atoms with Gasteiger partial charge in [-0.25, -0.2) is 0 Å². The van der Waals surface area contributed by atoms with Crippen LogP contribution in [0.15, 0.2) is 41.0 Å². The molecule has 1 aromatic carbocycles. The lowest BCUT2D eigenvalue weighted by Crippen LogP contribution is -2.28. The summed E-state index contributed by atoms with van der Waals surface area (Å²) in [5, 5.41) is 13.3. The molecule has 0 fully saturated rings. The van der Waals surface area contributed by atoms with Gasteiger partial charge in [-0.1, -0.05) is 29.3 Å². The minimum Gasteiger partial charge on any atom is -0.459 e. The lowest BCUT2D eigenvalue weighted by atomic mass is 10.1. The second-order valence-electron chi connectivity index (χ2n) is 3.84. The highest BCUT2D eigenvalue weighted by Crippen LogP contribution is 2.29. The Bertz CT molecular complexity index is 549. The molecule has 2 aromatic rings. The summed E-state index contributed by atoms with van der Waals surface area (Å²) >= 11 is 11.9. The maximum absolute atomic E-state index is 11.6. The average Bonchev–Trinajstić information content (AvgIpc) is 2.89. The number of benzene rings is 1. The van der Waals surface area contributed by atoms with Crippen molar-refractivity contribution in [3.05, 3.63) is 58.0 Å². The molecule has 1 aromatic heterocycles. The van der Waals surface area contributed by atoms with Crippen molar-refractivity contribution in [1.82, 2.24) is 5.32 Å². The van der Waals surface area contributed by atoms with Crippen LogP contribution in [-0.4, -0.2) is 17.6 Å². The molecule has 0 spiro atoms. The second-order valence-corrected chi connectivity index (χ2v) is 4.65. The smallest absolute Gasteiger partial charge is 0.287 e. The highest BCUT2D eigenvalue weighted by Gasteiger charge is 2.17. The molecule has 100 valence electrons. The molecule has 6 heteroatoms. The molecule has 1 amide bonds. The summed E-state index contributed by atoms with van der Waals surface area (Å²) in [4.78, 5) is 11.6. The number of aliphatic hydroxyl groups is 1. The molecule has 0 aliphatic heterocycles. The SMILES string of the molecule is O=C(NCC(O)c1c(Cl)cccc1Cl)c1ccco1. The number of aliphatic hydroxyl groups excluding tert-OH is 1. The van der Waals surface area contributed by atoms with E-state index in [0.717, 1.165) is 0 Å². The number of hydrogen-bond donors (Lipinski definition) is 2. The molecule has 19 heavy (non-hydrogen) atoms. The molecule has 0 bridgehead atoms. The van der Waals surface area contributed by atoms with Gasteiger partial charge in [0.05, 0.1) is 12.4 Å². The number of hydrogen-bond acceptors (Lipinski definition) is 3. The van der Waals surface area contributed by atoms with Crippen molar-refractivity contribution in [2.45, 2.75) is 6.10 Å². The van der Waals surface area contributed by atoms with Gasteiger partial charge >= 0.3 is 0 Å². The van der Waals surface area contributed by atoms with Crippen LogP contribution in [0.25, 0.3) is 0 Å². The summed E-state index contributed by atoms with van der Waals surface area (Å²) in [6.07, 6.45) is 0.413. The molecular weight excluding hydrogens is 289 g/mol. The van der Waals surface area contributed by atoms with E-state index in [4.69, 9.17) is 27.6 Å². The van der Waals surface area contributed by atoms with Crippen molar-refractivity contribution in [1.29, 1.82) is 0 Å². The van der Waals surface area contributed by atoms with Crippen LogP contribution in [-0.2, 0) is 0 Å². The first kappa shape index (κ1) is 13.9. The van der Waals surface area contributed by atoms with Crippen LogP contribution >= 0.6 is 23.2 Å². The Morgan fingerprint density at radius 3 is 2.53 bits per heavy atom. The summed E-state index contributed by atoms with van der Waals surface area (Å²) in [5.74, 6) is -0.232. The molecule has 0 saturated carbocycles. The maximum atomic E-state index is 11.6. The molecule has 1 heterocycles. The summed E-state index contributed by atoms with van der Waals surface area (Å²) < 4.78 is 4.93. The molecule has 0 aliphatic rings. The molecular formula is C13H11Cl2NO3. The summed E-state index contributed by atoms with van der Waals surface area (Å²) in [5.41, 5.74) is 0.394. The van der Waals surface area contributed by atoms with Gasteiger partial charge in [0.1, 0.15) is 0 Å². The lowest BCUT2D eigenvalue weighted by Gasteiger charge is -2.14. The zero-order valence-electron chi connectivity index (χ0n) is 9.77. The topological polar surface area (TPSA) is 62.5 Å². The third kappa shape index (κ3) is 3.29. The van der Waals surface area contributed by atoms with Crippen LogP contribution in [0.5, 0.6) is 0 Å². The van der Waals surface area contributed by atoms with Crippen molar-refractivity contribution in [3.8, 4) is 0 Å². The van der Waals surface area contributed by atoms with Crippen molar-refractivity contribution < 1.29 is 14.3 Å². The molecule has 0 radical (unpaired) electrons. The van der Waals surface area contributed by atoms with Crippen LogP contribution in [0.2, 0.25) is 10.0 Å². The Balaban J connectivity index is 2.02. The summed E-state index contributed by atoms with van der Waals surface area (Å²) in [7, 11) is 0. The van der Waals surface area contributed by atoms with Crippen LogP contribution in [0.1, 0.15) is 22.2 Å². The fourth-order valence-electron chi connectivity index (χ4n) is 1.62. The maximum Gasteiger partial charge on any atom is 0.287 e. The van der Waals surface area contributed by atoms with Crippen molar-refractivity contribution in [2.75, 3.05) is 6.54 Å². The number of furan rings is 1. The van der Waals surface area contributed by atoms with Gasteiger partial charge in [-0.2, -0.15) is 0 Å². The average molecular weight is 300 g/mol. The van der Waals surface area contributed by atoms with E-state index in [-0.39, 0.29) is 12.3 Å². The zero-order valence-corrected chi connectivity index (χ0v) is 11.3. The summed E-state index contributed by atoms with van der Waals surface area (Å²) in [6, 6.07) is 8.07. The van der Waals surface area contributed by atoms with Gasteiger partial charge < -0.3 is 14.8 Å². The van der Waals surface area contributed by atoms with E-state index in [0.29, 0.717) is 15.6 Å².